The predicted molar refractivity (Wildman–Crippen MR) is 113 cm³/mol. The van der Waals surface area contributed by atoms with Crippen LogP contribution in [0.15, 0.2) is 30.6 Å². The van der Waals surface area contributed by atoms with Crippen LogP contribution in [-0.2, 0) is 14.9 Å². The summed E-state index contributed by atoms with van der Waals surface area (Å²) >= 11 is 1.31. The molecule has 0 aliphatic heterocycles. The zero-order valence-electron chi connectivity index (χ0n) is 16.8. The molecule has 0 unspecified atom stereocenters. The van der Waals surface area contributed by atoms with E-state index in [2.05, 4.69) is 48.2 Å². The molecule has 2 heterocycles. The second-order valence-corrected chi connectivity index (χ2v) is 8.54. The van der Waals surface area contributed by atoms with Gasteiger partial charge in [-0.25, -0.2) is 14.8 Å². The third kappa shape index (κ3) is 4.31. The number of aromatic nitrogens is 2. The molecule has 0 amide bonds. The summed E-state index contributed by atoms with van der Waals surface area (Å²) in [7, 11) is 1.57. The van der Waals surface area contributed by atoms with Crippen molar-refractivity contribution in [1.82, 2.24) is 9.97 Å². The molecule has 1 N–H and O–H groups in total. The molecule has 0 saturated carbocycles. The molecule has 0 atom stereocenters. The molecular weight excluding hydrogens is 374 g/mol. The zero-order chi connectivity index (χ0) is 20.3. The molecule has 148 valence electrons. The maximum atomic E-state index is 12.4. The van der Waals surface area contributed by atoms with Crippen LogP contribution in [0.5, 0.6) is 0 Å². The number of nitrogens with zero attached hydrogens (tertiary/aromatic N) is 2. The van der Waals surface area contributed by atoms with Crippen LogP contribution in [0.2, 0.25) is 0 Å². The van der Waals surface area contributed by atoms with E-state index in [0.29, 0.717) is 17.3 Å². The lowest BCUT2D eigenvalue weighted by Crippen LogP contribution is -2.10. The highest BCUT2D eigenvalue weighted by Gasteiger charge is 2.20. The number of esters is 1. The van der Waals surface area contributed by atoms with E-state index < -0.39 is 0 Å². The first kappa shape index (κ1) is 20.2. The fourth-order valence-electron chi connectivity index (χ4n) is 2.83. The summed E-state index contributed by atoms with van der Waals surface area (Å²) in [5, 5.41) is 4.19. The van der Waals surface area contributed by atoms with Crippen molar-refractivity contribution in [3.05, 3.63) is 46.6 Å². The Kier molecular flexibility index (Phi) is 5.96. The molecule has 1 aromatic carbocycles. The number of hydrogen-bond donors (Lipinski definition) is 1. The van der Waals surface area contributed by atoms with E-state index >= 15 is 0 Å². The summed E-state index contributed by atoms with van der Waals surface area (Å²) in [6.07, 6.45) is 1.50. The number of carbonyl (C=O) groups excluding carboxylic acids is 1. The minimum absolute atomic E-state index is 0.0999. The number of hydrogen-bond acceptors (Lipinski definition) is 7. The predicted octanol–water partition coefficient (Wildman–Crippen LogP) is 4.84. The third-order valence-electron chi connectivity index (χ3n) is 4.45. The van der Waals surface area contributed by atoms with Crippen LogP contribution >= 0.6 is 11.3 Å². The van der Waals surface area contributed by atoms with Gasteiger partial charge in [0, 0.05) is 12.8 Å². The molecule has 0 radical (unpaired) electrons. The largest absolute Gasteiger partial charge is 0.459 e. The molecule has 7 heteroatoms. The van der Waals surface area contributed by atoms with Crippen molar-refractivity contribution in [3.8, 4) is 0 Å². The molecule has 28 heavy (non-hydrogen) atoms. The average Bonchev–Trinajstić information content (AvgIpc) is 2.99. The molecule has 3 aromatic rings. The normalized spacial score (nSPS) is 11.6. The van der Waals surface area contributed by atoms with Crippen molar-refractivity contribution in [3.63, 3.8) is 0 Å². The SMILES string of the molecule is COCCOC(=O)c1sc2ncnc(Nc3ccc(C(C)(C)C)cc3)c2c1C. The second kappa shape index (κ2) is 8.24. The van der Waals surface area contributed by atoms with E-state index in [1.54, 1.807) is 7.11 Å². The number of ether oxygens (including phenoxy) is 2. The van der Waals surface area contributed by atoms with Crippen LogP contribution in [0, 0.1) is 6.92 Å². The van der Waals surface area contributed by atoms with Crippen molar-refractivity contribution in [1.29, 1.82) is 0 Å². The van der Waals surface area contributed by atoms with Crippen LogP contribution in [0.3, 0.4) is 0 Å². The fraction of sp³-hybridized carbons (Fsp3) is 0.381. The Balaban J connectivity index is 1.89. The van der Waals surface area contributed by atoms with E-state index in [-0.39, 0.29) is 18.0 Å². The van der Waals surface area contributed by atoms with Crippen LogP contribution in [0.4, 0.5) is 11.5 Å². The van der Waals surface area contributed by atoms with Gasteiger partial charge >= 0.3 is 5.97 Å². The highest BCUT2D eigenvalue weighted by Crippen LogP contribution is 2.35. The Morgan fingerprint density at radius 2 is 1.86 bits per heavy atom. The molecule has 0 saturated heterocycles. The summed E-state index contributed by atoms with van der Waals surface area (Å²) in [6.45, 7) is 9.04. The molecule has 0 fully saturated rings. The monoisotopic (exact) mass is 399 g/mol. The molecule has 3 rings (SSSR count). The first-order chi connectivity index (χ1) is 13.3. The van der Waals surface area contributed by atoms with Gasteiger partial charge in [0.15, 0.2) is 0 Å². The van der Waals surface area contributed by atoms with Gasteiger partial charge in [0.1, 0.15) is 28.5 Å². The smallest absolute Gasteiger partial charge is 0.348 e. The summed E-state index contributed by atoms with van der Waals surface area (Å²) in [6, 6.07) is 8.30. The first-order valence-corrected chi connectivity index (χ1v) is 9.90. The van der Waals surface area contributed by atoms with Gasteiger partial charge in [0.25, 0.3) is 0 Å². The van der Waals surface area contributed by atoms with Gasteiger partial charge in [-0.05, 0) is 35.6 Å². The Hall–Kier alpha value is -2.51. The van der Waals surface area contributed by atoms with E-state index in [9.17, 15) is 4.79 Å². The van der Waals surface area contributed by atoms with Crippen LogP contribution in [0.25, 0.3) is 10.2 Å². The Bertz CT molecular complexity index is 975. The lowest BCUT2D eigenvalue weighted by molar-refractivity contribution is 0.0393. The summed E-state index contributed by atoms with van der Waals surface area (Å²) < 4.78 is 10.2. The van der Waals surface area contributed by atoms with Crippen molar-refractivity contribution in [2.24, 2.45) is 0 Å². The van der Waals surface area contributed by atoms with Crippen molar-refractivity contribution < 1.29 is 14.3 Å². The Morgan fingerprint density at radius 1 is 1.14 bits per heavy atom. The Morgan fingerprint density at radius 3 is 2.50 bits per heavy atom. The quantitative estimate of drug-likeness (QED) is 0.472. The minimum Gasteiger partial charge on any atom is -0.459 e. The number of fused-ring (bicyclic) bond motifs is 1. The number of carbonyl (C=O) groups is 1. The number of methoxy groups -OCH3 is 1. The van der Waals surface area contributed by atoms with Crippen molar-refractivity contribution in [2.45, 2.75) is 33.1 Å². The van der Waals surface area contributed by atoms with E-state index in [1.165, 1.54) is 23.2 Å². The maximum Gasteiger partial charge on any atom is 0.348 e. The average molecular weight is 400 g/mol. The van der Waals surface area contributed by atoms with Gasteiger partial charge in [0.2, 0.25) is 0 Å². The number of anilines is 2. The third-order valence-corrected chi connectivity index (χ3v) is 5.63. The lowest BCUT2D eigenvalue weighted by atomic mass is 9.87. The summed E-state index contributed by atoms with van der Waals surface area (Å²) in [4.78, 5) is 22.4. The van der Waals surface area contributed by atoms with Gasteiger partial charge < -0.3 is 14.8 Å². The van der Waals surface area contributed by atoms with Crippen LogP contribution < -0.4 is 5.32 Å². The Labute approximate surface area is 168 Å². The zero-order valence-corrected chi connectivity index (χ0v) is 17.6. The molecule has 0 bridgehead atoms. The molecule has 0 aliphatic rings. The first-order valence-electron chi connectivity index (χ1n) is 9.09. The van der Waals surface area contributed by atoms with E-state index in [4.69, 9.17) is 9.47 Å². The van der Waals surface area contributed by atoms with E-state index in [0.717, 1.165) is 21.5 Å². The number of nitrogens with one attached hydrogen (secondary N) is 1. The minimum atomic E-state index is -0.363. The van der Waals surface area contributed by atoms with Crippen LogP contribution in [0.1, 0.15) is 41.6 Å². The van der Waals surface area contributed by atoms with Crippen molar-refractivity contribution in [2.75, 3.05) is 25.6 Å². The fourth-order valence-corrected chi connectivity index (χ4v) is 3.88. The summed E-state index contributed by atoms with van der Waals surface area (Å²) in [5.74, 6) is 0.316. The maximum absolute atomic E-state index is 12.4. The number of aryl methyl sites for hydroxylation is 1. The molecule has 2 aromatic heterocycles. The van der Waals surface area contributed by atoms with E-state index in [1.807, 2.05) is 19.1 Å². The van der Waals surface area contributed by atoms with Crippen LogP contribution in [-0.4, -0.2) is 36.3 Å². The molecule has 0 aliphatic carbocycles. The van der Waals surface area contributed by atoms with Gasteiger partial charge in [0.05, 0.1) is 12.0 Å². The number of benzene rings is 1. The number of rotatable bonds is 6. The van der Waals surface area contributed by atoms with Gasteiger partial charge in [-0.15, -0.1) is 11.3 Å². The molecular formula is C21H25N3O3S. The molecule has 6 nitrogen and oxygen atoms in total. The van der Waals surface area contributed by atoms with Crippen molar-refractivity contribution >= 4 is 39.0 Å². The second-order valence-electron chi connectivity index (χ2n) is 7.54. The number of thiophene rings is 1. The standard InChI is InChI=1S/C21H25N3O3S/c1-13-16-18(24-15-8-6-14(7-9-15)21(2,3)4)22-12-23-19(16)28-17(13)20(25)27-11-10-26-5/h6-9,12H,10-11H2,1-5H3,(H,22,23,24). The highest BCUT2D eigenvalue weighted by atomic mass is 32.1. The highest BCUT2D eigenvalue weighted by molar-refractivity contribution is 7.20. The summed E-state index contributed by atoms with van der Waals surface area (Å²) in [5.41, 5.74) is 3.11. The van der Waals surface area contributed by atoms with Gasteiger partial charge in [-0.3, -0.25) is 0 Å². The van der Waals surface area contributed by atoms with Gasteiger partial charge in [-0.2, -0.15) is 0 Å². The van der Waals surface area contributed by atoms with Gasteiger partial charge in [-0.1, -0.05) is 32.9 Å². The molecule has 0 spiro atoms. The topological polar surface area (TPSA) is 73.3 Å². The lowest BCUT2D eigenvalue weighted by Gasteiger charge is -2.19.